The van der Waals surface area contributed by atoms with Crippen LogP contribution in [0, 0.1) is 11.7 Å². The van der Waals surface area contributed by atoms with Crippen LogP contribution in [0.1, 0.15) is 57.1 Å². The van der Waals surface area contributed by atoms with Crippen LogP contribution in [-0.2, 0) is 0 Å². The summed E-state index contributed by atoms with van der Waals surface area (Å²) in [4.78, 5) is 0. The summed E-state index contributed by atoms with van der Waals surface area (Å²) in [5.41, 5.74) is 0.793. The summed E-state index contributed by atoms with van der Waals surface area (Å²) in [6.07, 6.45) is 7.77. The molecule has 3 heteroatoms. The average molecular weight is 290 g/mol. The third kappa shape index (κ3) is 3.46. The Morgan fingerprint density at radius 3 is 2.71 bits per heavy atom. The maximum absolute atomic E-state index is 13.9. The normalized spacial score (nSPS) is 31.2. The van der Waals surface area contributed by atoms with Crippen molar-refractivity contribution in [2.24, 2.45) is 5.92 Å². The zero-order valence-electron chi connectivity index (χ0n) is 12.9. The van der Waals surface area contributed by atoms with Gasteiger partial charge in [-0.15, -0.1) is 0 Å². The van der Waals surface area contributed by atoms with E-state index in [1.54, 1.807) is 12.1 Å². The van der Waals surface area contributed by atoms with Crippen LogP contribution in [0.5, 0.6) is 0 Å². The lowest BCUT2D eigenvalue weighted by Gasteiger charge is -2.38. The fourth-order valence-electron chi connectivity index (χ4n) is 4.16. The minimum atomic E-state index is -0.0937. The summed E-state index contributed by atoms with van der Waals surface area (Å²) >= 11 is 0. The van der Waals surface area contributed by atoms with Crippen LogP contribution in [0.3, 0.4) is 0 Å². The number of benzene rings is 1. The molecule has 1 saturated heterocycles. The second-order valence-corrected chi connectivity index (χ2v) is 6.67. The minimum absolute atomic E-state index is 0.0817. The Hall–Kier alpha value is -0.930. The third-order valence-electron chi connectivity index (χ3n) is 5.27. The molecule has 4 atom stereocenters. The molecular formula is C18H27FN2. The predicted molar refractivity (Wildman–Crippen MR) is 84.7 cm³/mol. The van der Waals surface area contributed by atoms with Crippen LogP contribution in [0.25, 0.3) is 0 Å². The number of nitrogens with one attached hydrogen (secondary N) is 2. The lowest BCUT2D eigenvalue weighted by atomic mass is 9.79. The van der Waals surface area contributed by atoms with Gasteiger partial charge in [0.2, 0.25) is 0 Å². The molecular weight excluding hydrogens is 263 g/mol. The van der Waals surface area contributed by atoms with E-state index < -0.39 is 0 Å². The van der Waals surface area contributed by atoms with Crippen molar-refractivity contribution in [3.63, 3.8) is 0 Å². The molecule has 1 aromatic carbocycles. The van der Waals surface area contributed by atoms with Crippen LogP contribution >= 0.6 is 0 Å². The van der Waals surface area contributed by atoms with Crippen LogP contribution < -0.4 is 10.6 Å². The first-order valence-electron chi connectivity index (χ1n) is 8.49. The molecule has 1 saturated carbocycles. The summed E-state index contributed by atoms with van der Waals surface area (Å²) in [6.45, 7) is 3.25. The number of halogens is 1. The monoisotopic (exact) mass is 290 g/mol. The molecule has 2 nitrogen and oxygen atoms in total. The largest absolute Gasteiger partial charge is 0.314 e. The van der Waals surface area contributed by atoms with E-state index in [0.29, 0.717) is 18.0 Å². The van der Waals surface area contributed by atoms with Crippen molar-refractivity contribution in [2.45, 2.75) is 63.6 Å². The van der Waals surface area contributed by atoms with Gasteiger partial charge in [0.25, 0.3) is 0 Å². The summed E-state index contributed by atoms with van der Waals surface area (Å²) in [7, 11) is 0. The molecule has 116 valence electrons. The molecule has 2 aliphatic rings. The molecule has 3 rings (SSSR count). The van der Waals surface area contributed by atoms with E-state index in [0.717, 1.165) is 12.1 Å². The van der Waals surface area contributed by atoms with Crippen molar-refractivity contribution in [1.82, 2.24) is 10.6 Å². The highest BCUT2D eigenvalue weighted by molar-refractivity contribution is 5.20. The molecule has 0 amide bonds. The molecule has 0 radical (unpaired) electrons. The molecule has 2 N–H and O–H groups in total. The van der Waals surface area contributed by atoms with Crippen molar-refractivity contribution in [3.8, 4) is 0 Å². The summed E-state index contributed by atoms with van der Waals surface area (Å²) < 4.78 is 13.9. The lowest BCUT2D eigenvalue weighted by molar-refractivity contribution is 0.202. The fourth-order valence-corrected chi connectivity index (χ4v) is 4.16. The highest BCUT2D eigenvalue weighted by atomic mass is 19.1. The Balaban J connectivity index is 1.68. The quantitative estimate of drug-likeness (QED) is 0.881. The Morgan fingerprint density at radius 1 is 1.14 bits per heavy atom. The van der Waals surface area contributed by atoms with Gasteiger partial charge in [-0.3, -0.25) is 0 Å². The summed E-state index contributed by atoms with van der Waals surface area (Å²) in [6, 6.07) is 8.41. The van der Waals surface area contributed by atoms with Gasteiger partial charge in [0.1, 0.15) is 5.82 Å². The van der Waals surface area contributed by atoms with E-state index in [-0.39, 0.29) is 11.9 Å². The smallest absolute Gasteiger partial charge is 0.127 e. The molecule has 1 aliphatic carbocycles. The molecule has 0 bridgehead atoms. The van der Waals surface area contributed by atoms with Crippen LogP contribution in [0.4, 0.5) is 4.39 Å². The highest BCUT2D eigenvalue weighted by Gasteiger charge is 2.33. The SMILES string of the molecule is CC(NC1CCCCC1C1CCCN1)c1ccccc1F. The fraction of sp³-hybridized carbons (Fsp3) is 0.667. The Kier molecular flexibility index (Phi) is 4.91. The van der Waals surface area contributed by atoms with E-state index in [4.69, 9.17) is 0 Å². The second kappa shape index (κ2) is 6.89. The standard InChI is InChI=1S/C18H27FN2/c1-13(14-7-2-4-9-16(14)19)21-18-10-5-3-8-15(18)17-11-6-12-20-17/h2,4,7,9,13,15,17-18,20-21H,3,5-6,8,10-12H2,1H3. The van der Waals surface area contributed by atoms with Gasteiger partial charge in [-0.05, 0) is 51.1 Å². The van der Waals surface area contributed by atoms with Gasteiger partial charge in [0.05, 0.1) is 0 Å². The molecule has 21 heavy (non-hydrogen) atoms. The zero-order valence-corrected chi connectivity index (χ0v) is 12.9. The second-order valence-electron chi connectivity index (χ2n) is 6.67. The Labute approximate surface area is 127 Å². The van der Waals surface area contributed by atoms with Gasteiger partial charge >= 0.3 is 0 Å². The van der Waals surface area contributed by atoms with Crippen LogP contribution in [0.15, 0.2) is 24.3 Å². The van der Waals surface area contributed by atoms with Gasteiger partial charge in [-0.2, -0.15) is 0 Å². The van der Waals surface area contributed by atoms with E-state index in [9.17, 15) is 4.39 Å². The Morgan fingerprint density at radius 2 is 1.95 bits per heavy atom. The molecule has 1 aromatic rings. The summed E-state index contributed by atoms with van der Waals surface area (Å²) in [5.74, 6) is 0.610. The van der Waals surface area contributed by atoms with Crippen molar-refractivity contribution < 1.29 is 4.39 Å². The molecule has 0 spiro atoms. The topological polar surface area (TPSA) is 24.1 Å². The van der Waals surface area contributed by atoms with Crippen LogP contribution in [0.2, 0.25) is 0 Å². The zero-order chi connectivity index (χ0) is 14.7. The maximum Gasteiger partial charge on any atom is 0.127 e. The predicted octanol–water partition coefficient (Wildman–Crippen LogP) is 3.79. The molecule has 4 unspecified atom stereocenters. The molecule has 0 aromatic heterocycles. The highest BCUT2D eigenvalue weighted by Crippen LogP contribution is 2.32. The van der Waals surface area contributed by atoms with Gasteiger partial charge in [-0.25, -0.2) is 4.39 Å². The van der Waals surface area contributed by atoms with E-state index in [2.05, 4.69) is 17.6 Å². The summed E-state index contributed by atoms with van der Waals surface area (Å²) in [5, 5.41) is 7.39. The van der Waals surface area contributed by atoms with Crippen LogP contribution in [-0.4, -0.2) is 18.6 Å². The average Bonchev–Trinajstić information content (AvgIpc) is 3.02. The van der Waals surface area contributed by atoms with E-state index in [1.165, 1.54) is 38.5 Å². The van der Waals surface area contributed by atoms with Crippen molar-refractivity contribution >= 4 is 0 Å². The van der Waals surface area contributed by atoms with Gasteiger partial charge < -0.3 is 10.6 Å². The molecule has 1 aliphatic heterocycles. The maximum atomic E-state index is 13.9. The van der Waals surface area contributed by atoms with Gasteiger partial charge in [0.15, 0.2) is 0 Å². The van der Waals surface area contributed by atoms with Gasteiger partial charge in [-0.1, -0.05) is 31.0 Å². The first-order chi connectivity index (χ1) is 10.3. The third-order valence-corrected chi connectivity index (χ3v) is 5.27. The number of hydrogen-bond acceptors (Lipinski definition) is 2. The first kappa shape index (κ1) is 15.0. The van der Waals surface area contributed by atoms with Crippen molar-refractivity contribution in [2.75, 3.05) is 6.54 Å². The van der Waals surface area contributed by atoms with E-state index >= 15 is 0 Å². The van der Waals surface area contributed by atoms with Crippen molar-refractivity contribution in [1.29, 1.82) is 0 Å². The Bertz CT molecular complexity index is 456. The van der Waals surface area contributed by atoms with E-state index in [1.807, 2.05) is 12.1 Å². The number of rotatable bonds is 4. The van der Waals surface area contributed by atoms with Crippen molar-refractivity contribution in [3.05, 3.63) is 35.6 Å². The molecule has 2 fully saturated rings. The number of hydrogen-bond donors (Lipinski definition) is 2. The lowest BCUT2D eigenvalue weighted by Crippen LogP contribution is -2.47. The minimum Gasteiger partial charge on any atom is -0.314 e. The van der Waals surface area contributed by atoms with Gasteiger partial charge in [0, 0.05) is 23.7 Å². The molecule has 1 heterocycles. The first-order valence-corrected chi connectivity index (χ1v) is 8.49.